The normalized spacial score (nSPS) is 22.1. The first-order valence-electron chi connectivity index (χ1n) is 6.10. The fourth-order valence-electron chi connectivity index (χ4n) is 2.90. The molecule has 1 fully saturated rings. The standard InChI is InChI=1S/C13H17FN2/c14-10-5-4-6-11-12(10)16-13(9-15-11)7-2-1-3-8-13/h4-6,15-16H,1-3,7-9H2. The lowest BCUT2D eigenvalue weighted by molar-refractivity contribution is 0.333. The molecule has 0 amide bonds. The topological polar surface area (TPSA) is 24.1 Å². The smallest absolute Gasteiger partial charge is 0.148 e. The Balaban J connectivity index is 1.92. The van der Waals surface area contributed by atoms with Gasteiger partial charge < -0.3 is 10.6 Å². The van der Waals surface area contributed by atoms with Crippen molar-refractivity contribution in [3.63, 3.8) is 0 Å². The Labute approximate surface area is 95.2 Å². The fraction of sp³-hybridized carbons (Fsp3) is 0.538. The average Bonchev–Trinajstić information content (AvgIpc) is 2.32. The fourth-order valence-corrected chi connectivity index (χ4v) is 2.90. The molecule has 0 atom stereocenters. The van der Waals surface area contributed by atoms with Crippen LogP contribution in [0, 0.1) is 5.82 Å². The third-order valence-electron chi connectivity index (χ3n) is 3.83. The summed E-state index contributed by atoms with van der Waals surface area (Å²) in [4.78, 5) is 0. The molecular weight excluding hydrogens is 203 g/mol. The van der Waals surface area contributed by atoms with Crippen LogP contribution in [0.25, 0.3) is 0 Å². The molecule has 2 aliphatic rings. The summed E-state index contributed by atoms with van der Waals surface area (Å²) in [7, 11) is 0. The van der Waals surface area contributed by atoms with Gasteiger partial charge in [-0.2, -0.15) is 0 Å². The number of fused-ring (bicyclic) bond motifs is 1. The summed E-state index contributed by atoms with van der Waals surface area (Å²) in [5.74, 6) is -0.144. The first-order chi connectivity index (χ1) is 7.79. The Bertz CT molecular complexity index is 397. The molecule has 1 aliphatic heterocycles. The van der Waals surface area contributed by atoms with E-state index in [2.05, 4.69) is 10.6 Å². The summed E-state index contributed by atoms with van der Waals surface area (Å²) in [5.41, 5.74) is 1.65. The van der Waals surface area contributed by atoms with E-state index < -0.39 is 0 Å². The van der Waals surface area contributed by atoms with Gasteiger partial charge in [0.05, 0.1) is 16.9 Å². The second-order valence-corrected chi connectivity index (χ2v) is 4.98. The van der Waals surface area contributed by atoms with Crippen molar-refractivity contribution in [2.75, 3.05) is 17.2 Å². The maximum absolute atomic E-state index is 13.7. The third-order valence-corrected chi connectivity index (χ3v) is 3.83. The maximum Gasteiger partial charge on any atom is 0.148 e. The Morgan fingerprint density at radius 2 is 1.94 bits per heavy atom. The summed E-state index contributed by atoms with van der Waals surface area (Å²) in [6, 6.07) is 5.21. The van der Waals surface area contributed by atoms with Crippen LogP contribution in [0.1, 0.15) is 32.1 Å². The minimum Gasteiger partial charge on any atom is -0.381 e. The monoisotopic (exact) mass is 220 g/mol. The van der Waals surface area contributed by atoms with Gasteiger partial charge in [-0.15, -0.1) is 0 Å². The molecule has 16 heavy (non-hydrogen) atoms. The van der Waals surface area contributed by atoms with Gasteiger partial charge in [0.25, 0.3) is 0 Å². The van der Waals surface area contributed by atoms with Gasteiger partial charge >= 0.3 is 0 Å². The number of hydrogen-bond acceptors (Lipinski definition) is 2. The van der Waals surface area contributed by atoms with Crippen LogP contribution >= 0.6 is 0 Å². The highest BCUT2D eigenvalue weighted by Crippen LogP contribution is 2.39. The van der Waals surface area contributed by atoms with Gasteiger partial charge in [0.1, 0.15) is 5.82 Å². The van der Waals surface area contributed by atoms with E-state index in [1.165, 1.54) is 25.3 Å². The van der Waals surface area contributed by atoms with Crippen molar-refractivity contribution in [2.24, 2.45) is 0 Å². The molecule has 1 heterocycles. The van der Waals surface area contributed by atoms with Crippen molar-refractivity contribution in [1.82, 2.24) is 0 Å². The molecule has 1 spiro atoms. The Morgan fingerprint density at radius 3 is 2.75 bits per heavy atom. The largest absolute Gasteiger partial charge is 0.381 e. The highest BCUT2D eigenvalue weighted by atomic mass is 19.1. The van der Waals surface area contributed by atoms with E-state index in [1.54, 1.807) is 6.07 Å². The Morgan fingerprint density at radius 1 is 1.12 bits per heavy atom. The number of para-hydroxylation sites is 1. The Hall–Kier alpha value is -1.25. The lowest BCUT2D eigenvalue weighted by Gasteiger charge is -2.43. The number of halogens is 1. The molecule has 86 valence electrons. The minimum absolute atomic E-state index is 0.0907. The van der Waals surface area contributed by atoms with Gasteiger partial charge in [-0.25, -0.2) is 4.39 Å². The molecule has 3 heteroatoms. The van der Waals surface area contributed by atoms with E-state index >= 15 is 0 Å². The second kappa shape index (κ2) is 3.65. The summed E-state index contributed by atoms with van der Waals surface area (Å²) >= 11 is 0. The quantitative estimate of drug-likeness (QED) is 0.700. The number of benzene rings is 1. The minimum atomic E-state index is -0.144. The highest BCUT2D eigenvalue weighted by molar-refractivity contribution is 5.72. The molecule has 1 aromatic rings. The lowest BCUT2D eigenvalue weighted by Crippen LogP contribution is -2.49. The first kappa shape index (κ1) is 9.94. The molecule has 0 bridgehead atoms. The van der Waals surface area contributed by atoms with Crippen LogP contribution in [0.3, 0.4) is 0 Å². The van der Waals surface area contributed by atoms with Gasteiger partial charge in [0.2, 0.25) is 0 Å². The molecule has 1 aromatic carbocycles. The lowest BCUT2D eigenvalue weighted by atomic mass is 9.80. The zero-order valence-electron chi connectivity index (χ0n) is 9.35. The van der Waals surface area contributed by atoms with Gasteiger partial charge in [-0.3, -0.25) is 0 Å². The van der Waals surface area contributed by atoms with Crippen molar-refractivity contribution in [1.29, 1.82) is 0 Å². The number of anilines is 2. The van der Waals surface area contributed by atoms with Crippen LogP contribution in [0.15, 0.2) is 18.2 Å². The molecular formula is C13H17FN2. The predicted octanol–water partition coefficient (Wildman–Crippen LogP) is 3.37. The SMILES string of the molecule is Fc1cccc2c1NC1(CCCCC1)CN2. The summed E-state index contributed by atoms with van der Waals surface area (Å²) in [6.45, 7) is 0.920. The molecule has 1 saturated carbocycles. The summed E-state index contributed by atoms with van der Waals surface area (Å²) in [5, 5.41) is 6.80. The van der Waals surface area contributed by atoms with Gasteiger partial charge in [0.15, 0.2) is 0 Å². The van der Waals surface area contributed by atoms with Crippen LogP contribution in [0.4, 0.5) is 15.8 Å². The average molecular weight is 220 g/mol. The second-order valence-electron chi connectivity index (χ2n) is 4.98. The van der Waals surface area contributed by atoms with Crippen LogP contribution in [-0.4, -0.2) is 12.1 Å². The van der Waals surface area contributed by atoms with Gasteiger partial charge in [0, 0.05) is 6.54 Å². The molecule has 0 saturated heterocycles. The van der Waals surface area contributed by atoms with Crippen LogP contribution < -0.4 is 10.6 Å². The molecule has 1 aliphatic carbocycles. The van der Waals surface area contributed by atoms with E-state index in [0.717, 1.165) is 25.1 Å². The van der Waals surface area contributed by atoms with E-state index in [1.807, 2.05) is 6.07 Å². The Kier molecular flexibility index (Phi) is 2.27. The van der Waals surface area contributed by atoms with E-state index in [-0.39, 0.29) is 11.4 Å². The van der Waals surface area contributed by atoms with Gasteiger partial charge in [-0.1, -0.05) is 25.3 Å². The van der Waals surface area contributed by atoms with Crippen molar-refractivity contribution in [3.8, 4) is 0 Å². The van der Waals surface area contributed by atoms with E-state index in [0.29, 0.717) is 5.69 Å². The third kappa shape index (κ3) is 1.55. The van der Waals surface area contributed by atoms with Crippen LogP contribution in [0.5, 0.6) is 0 Å². The molecule has 0 aromatic heterocycles. The zero-order chi connectivity index (χ0) is 11.0. The predicted molar refractivity (Wildman–Crippen MR) is 64.3 cm³/mol. The number of rotatable bonds is 0. The van der Waals surface area contributed by atoms with E-state index in [9.17, 15) is 4.39 Å². The van der Waals surface area contributed by atoms with Crippen molar-refractivity contribution >= 4 is 11.4 Å². The zero-order valence-corrected chi connectivity index (χ0v) is 9.35. The molecule has 2 N–H and O–H groups in total. The first-order valence-corrected chi connectivity index (χ1v) is 6.10. The molecule has 0 unspecified atom stereocenters. The highest BCUT2D eigenvalue weighted by Gasteiger charge is 2.35. The number of hydrogen-bond donors (Lipinski definition) is 2. The summed E-state index contributed by atoms with van der Waals surface area (Å²) < 4.78 is 13.7. The van der Waals surface area contributed by atoms with Crippen molar-refractivity contribution in [2.45, 2.75) is 37.6 Å². The maximum atomic E-state index is 13.7. The molecule has 3 rings (SSSR count). The van der Waals surface area contributed by atoms with Crippen molar-refractivity contribution < 1.29 is 4.39 Å². The van der Waals surface area contributed by atoms with E-state index in [4.69, 9.17) is 0 Å². The van der Waals surface area contributed by atoms with Crippen LogP contribution in [-0.2, 0) is 0 Å². The molecule has 0 radical (unpaired) electrons. The van der Waals surface area contributed by atoms with Gasteiger partial charge in [-0.05, 0) is 25.0 Å². The number of nitrogens with one attached hydrogen (secondary N) is 2. The van der Waals surface area contributed by atoms with Crippen molar-refractivity contribution in [3.05, 3.63) is 24.0 Å². The summed E-state index contributed by atoms with van der Waals surface area (Å²) in [6.07, 6.45) is 6.10. The molecule has 2 nitrogen and oxygen atoms in total. The van der Waals surface area contributed by atoms with Crippen LogP contribution in [0.2, 0.25) is 0 Å².